The molecule has 3 aromatic carbocycles. The van der Waals surface area contributed by atoms with Crippen molar-refractivity contribution >= 4 is 33.2 Å². The van der Waals surface area contributed by atoms with Crippen LogP contribution < -0.4 is 20.1 Å². The third kappa shape index (κ3) is 6.58. The molecule has 0 aliphatic heterocycles. The lowest BCUT2D eigenvalue weighted by Crippen LogP contribution is -2.23. The minimum atomic E-state index is -3.78. The van der Waals surface area contributed by atoms with E-state index >= 15 is 0 Å². The van der Waals surface area contributed by atoms with E-state index in [1.54, 1.807) is 36.4 Å². The second kappa shape index (κ2) is 11.3. The Morgan fingerprint density at radius 2 is 1.32 bits per heavy atom. The van der Waals surface area contributed by atoms with Gasteiger partial charge in [0.2, 0.25) is 0 Å². The molecule has 178 valence electrons. The van der Waals surface area contributed by atoms with E-state index in [1.807, 2.05) is 13.8 Å². The molecule has 9 heteroatoms. The van der Waals surface area contributed by atoms with E-state index in [2.05, 4.69) is 15.4 Å². The maximum absolute atomic E-state index is 12.6. The average molecular weight is 482 g/mol. The number of amides is 2. The highest BCUT2D eigenvalue weighted by Gasteiger charge is 2.15. The van der Waals surface area contributed by atoms with Crippen LogP contribution in [0.2, 0.25) is 0 Å². The lowest BCUT2D eigenvalue weighted by atomic mass is 10.1. The molecule has 3 N–H and O–H groups in total. The number of rotatable bonds is 10. The predicted molar refractivity (Wildman–Crippen MR) is 132 cm³/mol. The molecule has 0 unspecified atom stereocenters. The third-order valence-corrected chi connectivity index (χ3v) is 6.18. The molecule has 8 nitrogen and oxygen atoms in total. The Morgan fingerprint density at radius 1 is 0.765 bits per heavy atom. The highest BCUT2D eigenvalue weighted by Crippen LogP contribution is 2.20. The van der Waals surface area contributed by atoms with Crippen LogP contribution in [0.3, 0.4) is 0 Å². The zero-order chi connectivity index (χ0) is 24.6. The molecule has 34 heavy (non-hydrogen) atoms. The summed E-state index contributed by atoms with van der Waals surface area (Å²) in [5.41, 5.74) is 1.73. The molecule has 0 saturated heterocycles. The second-order valence-corrected chi connectivity index (χ2v) is 9.06. The van der Waals surface area contributed by atoms with E-state index in [4.69, 9.17) is 4.74 Å². The molecule has 2 amide bonds. The van der Waals surface area contributed by atoms with Gasteiger partial charge in [-0.15, -0.1) is 0 Å². The van der Waals surface area contributed by atoms with Gasteiger partial charge in [-0.2, -0.15) is 0 Å². The van der Waals surface area contributed by atoms with Gasteiger partial charge in [0.15, 0.2) is 0 Å². The highest BCUT2D eigenvalue weighted by atomic mass is 32.2. The number of carbonyl (C=O) groups excluding carboxylic acids is 2. The summed E-state index contributed by atoms with van der Waals surface area (Å²) in [6.45, 7) is 4.92. The standard InChI is InChI=1S/C25H27N3O5S/c1-3-17-26-24(29)18-5-9-20(10-6-18)27-25(30)19-7-11-21(12-8-19)28-34(31,32)23-15-13-22(14-16-23)33-4-2/h5-16,28H,3-4,17H2,1-2H3,(H,26,29)(H,27,30). The van der Waals surface area contributed by atoms with Gasteiger partial charge >= 0.3 is 0 Å². The van der Waals surface area contributed by atoms with Gasteiger partial charge in [-0.1, -0.05) is 6.92 Å². The minimum absolute atomic E-state index is 0.101. The molecular formula is C25H27N3O5S. The van der Waals surface area contributed by atoms with E-state index in [0.29, 0.717) is 41.4 Å². The Bertz CT molecular complexity index is 1220. The monoisotopic (exact) mass is 481 g/mol. The largest absolute Gasteiger partial charge is 0.494 e. The molecular weight excluding hydrogens is 454 g/mol. The number of nitrogens with one attached hydrogen (secondary N) is 3. The first-order valence-corrected chi connectivity index (χ1v) is 12.4. The topological polar surface area (TPSA) is 114 Å². The van der Waals surface area contributed by atoms with Gasteiger partial charge in [-0.25, -0.2) is 8.42 Å². The number of hydrogen-bond acceptors (Lipinski definition) is 5. The lowest BCUT2D eigenvalue weighted by Gasteiger charge is -2.10. The average Bonchev–Trinajstić information content (AvgIpc) is 2.84. The molecule has 0 fully saturated rings. The SMILES string of the molecule is CCCNC(=O)c1ccc(NC(=O)c2ccc(NS(=O)(=O)c3ccc(OCC)cc3)cc2)cc1. The Hall–Kier alpha value is -3.85. The minimum Gasteiger partial charge on any atom is -0.494 e. The summed E-state index contributed by atoms with van der Waals surface area (Å²) in [5.74, 6) is 0.0679. The van der Waals surface area contributed by atoms with E-state index in [9.17, 15) is 18.0 Å². The smallest absolute Gasteiger partial charge is 0.261 e. The Morgan fingerprint density at radius 3 is 1.88 bits per heavy atom. The first-order valence-electron chi connectivity index (χ1n) is 10.9. The molecule has 0 radical (unpaired) electrons. The van der Waals surface area contributed by atoms with Crippen LogP contribution in [0.25, 0.3) is 0 Å². The van der Waals surface area contributed by atoms with Crippen LogP contribution in [0.4, 0.5) is 11.4 Å². The molecule has 0 bridgehead atoms. The number of anilines is 2. The molecule has 3 aromatic rings. The summed E-state index contributed by atoms with van der Waals surface area (Å²) < 4.78 is 33.0. The second-order valence-electron chi connectivity index (χ2n) is 7.37. The van der Waals surface area contributed by atoms with Crippen molar-refractivity contribution in [3.05, 3.63) is 83.9 Å². The highest BCUT2D eigenvalue weighted by molar-refractivity contribution is 7.92. The van der Waals surface area contributed by atoms with Gasteiger partial charge < -0.3 is 15.4 Å². The van der Waals surface area contributed by atoms with Gasteiger partial charge in [-0.05, 0) is 86.1 Å². The molecule has 0 aliphatic carbocycles. The van der Waals surface area contributed by atoms with Crippen LogP contribution in [0, 0.1) is 0 Å². The number of benzene rings is 3. The fraction of sp³-hybridized carbons (Fsp3) is 0.200. The van der Waals surface area contributed by atoms with Gasteiger partial charge in [0.05, 0.1) is 11.5 Å². The Labute approximate surface area is 199 Å². The van der Waals surface area contributed by atoms with E-state index in [-0.39, 0.29) is 16.7 Å². The first kappa shape index (κ1) is 24.8. The van der Waals surface area contributed by atoms with Crippen molar-refractivity contribution in [1.29, 1.82) is 0 Å². The number of hydrogen-bond donors (Lipinski definition) is 3. The van der Waals surface area contributed by atoms with Crippen molar-refractivity contribution in [2.75, 3.05) is 23.2 Å². The van der Waals surface area contributed by atoms with Crippen LogP contribution in [0.1, 0.15) is 41.0 Å². The van der Waals surface area contributed by atoms with Gasteiger partial charge in [-0.3, -0.25) is 14.3 Å². The third-order valence-electron chi connectivity index (χ3n) is 4.78. The summed E-state index contributed by atoms with van der Waals surface area (Å²) >= 11 is 0. The summed E-state index contributed by atoms with van der Waals surface area (Å²) in [6, 6.07) is 18.8. The van der Waals surface area contributed by atoms with Crippen molar-refractivity contribution in [3.63, 3.8) is 0 Å². The molecule has 0 heterocycles. The molecule has 3 rings (SSSR count). The van der Waals surface area contributed by atoms with E-state index in [0.717, 1.165) is 6.42 Å². The van der Waals surface area contributed by atoms with Crippen molar-refractivity contribution in [3.8, 4) is 5.75 Å². The first-order chi connectivity index (χ1) is 16.3. The predicted octanol–water partition coefficient (Wildman–Crippen LogP) is 4.28. The molecule has 0 aliphatic rings. The molecule has 0 aromatic heterocycles. The molecule has 0 atom stereocenters. The zero-order valence-electron chi connectivity index (χ0n) is 19.0. The van der Waals surface area contributed by atoms with Crippen LogP contribution in [-0.2, 0) is 10.0 Å². The summed E-state index contributed by atoms with van der Waals surface area (Å²) in [4.78, 5) is 24.6. The van der Waals surface area contributed by atoms with Crippen LogP contribution in [0.15, 0.2) is 77.7 Å². The Balaban J connectivity index is 1.61. The fourth-order valence-electron chi connectivity index (χ4n) is 3.03. The van der Waals surface area contributed by atoms with Gasteiger partial charge in [0.25, 0.3) is 21.8 Å². The summed E-state index contributed by atoms with van der Waals surface area (Å²) in [7, 11) is -3.78. The number of carbonyl (C=O) groups is 2. The van der Waals surface area contributed by atoms with E-state index in [1.165, 1.54) is 36.4 Å². The van der Waals surface area contributed by atoms with Gasteiger partial charge in [0, 0.05) is 29.0 Å². The number of sulfonamides is 1. The lowest BCUT2D eigenvalue weighted by molar-refractivity contribution is 0.0953. The van der Waals surface area contributed by atoms with Crippen LogP contribution in [0.5, 0.6) is 5.75 Å². The van der Waals surface area contributed by atoms with Crippen molar-refractivity contribution in [1.82, 2.24) is 5.32 Å². The van der Waals surface area contributed by atoms with Gasteiger partial charge in [0.1, 0.15) is 5.75 Å². The normalized spacial score (nSPS) is 10.9. The van der Waals surface area contributed by atoms with Crippen molar-refractivity contribution in [2.24, 2.45) is 0 Å². The zero-order valence-corrected chi connectivity index (χ0v) is 19.8. The Kier molecular flexibility index (Phi) is 8.26. The maximum atomic E-state index is 12.6. The fourth-order valence-corrected chi connectivity index (χ4v) is 4.09. The van der Waals surface area contributed by atoms with Crippen molar-refractivity contribution < 1.29 is 22.7 Å². The van der Waals surface area contributed by atoms with E-state index < -0.39 is 10.0 Å². The quantitative estimate of drug-likeness (QED) is 0.400. The number of ether oxygens (including phenoxy) is 1. The summed E-state index contributed by atoms with van der Waals surface area (Å²) in [5, 5.41) is 5.55. The van der Waals surface area contributed by atoms with Crippen LogP contribution in [-0.4, -0.2) is 33.4 Å². The van der Waals surface area contributed by atoms with Crippen molar-refractivity contribution in [2.45, 2.75) is 25.2 Å². The molecule has 0 spiro atoms. The van der Waals surface area contributed by atoms with Crippen LogP contribution >= 0.6 is 0 Å². The molecule has 0 saturated carbocycles. The maximum Gasteiger partial charge on any atom is 0.261 e. The summed E-state index contributed by atoms with van der Waals surface area (Å²) in [6.07, 6.45) is 0.849.